The Morgan fingerprint density at radius 2 is 2.13 bits per heavy atom. The van der Waals surface area contributed by atoms with E-state index in [0.717, 1.165) is 18.6 Å². The maximum atomic E-state index is 3.72. The zero-order valence-electron chi connectivity index (χ0n) is 10.8. The molecule has 90 valence electrons. The molecule has 1 heterocycles. The average Bonchev–Trinajstić information content (AvgIpc) is 2.20. The summed E-state index contributed by atoms with van der Waals surface area (Å²) in [5, 5.41) is 3.72. The average molecular weight is 230 g/mol. The van der Waals surface area contributed by atoms with E-state index in [-0.39, 0.29) is 0 Å². The van der Waals surface area contributed by atoms with Gasteiger partial charge in [0.05, 0.1) is 0 Å². The normalized spacial score (nSPS) is 29.4. The lowest BCUT2D eigenvalue weighted by Crippen LogP contribution is -2.48. The molecule has 0 amide bonds. The van der Waals surface area contributed by atoms with Crippen LogP contribution in [-0.2, 0) is 0 Å². The molecule has 0 aromatic rings. The summed E-state index contributed by atoms with van der Waals surface area (Å²) in [6.07, 6.45) is 4.78. The number of thioether (sulfide) groups is 1. The quantitative estimate of drug-likeness (QED) is 0.797. The first-order chi connectivity index (χ1) is 6.94. The van der Waals surface area contributed by atoms with Crippen molar-refractivity contribution in [3.63, 3.8) is 0 Å². The highest BCUT2D eigenvalue weighted by molar-refractivity contribution is 7.99. The molecule has 2 nitrogen and oxygen atoms in total. The van der Waals surface area contributed by atoms with Gasteiger partial charge >= 0.3 is 0 Å². The number of hydrogen-bond acceptors (Lipinski definition) is 3. The highest BCUT2D eigenvalue weighted by Crippen LogP contribution is 2.21. The van der Waals surface area contributed by atoms with E-state index in [9.17, 15) is 0 Å². The van der Waals surface area contributed by atoms with Crippen molar-refractivity contribution in [1.82, 2.24) is 10.2 Å². The van der Waals surface area contributed by atoms with Crippen LogP contribution in [0.4, 0.5) is 0 Å². The molecule has 3 heteroatoms. The summed E-state index contributed by atoms with van der Waals surface area (Å²) in [6, 6.07) is 1.45. The Hall–Kier alpha value is 0.270. The fraction of sp³-hybridized carbons (Fsp3) is 1.00. The van der Waals surface area contributed by atoms with Gasteiger partial charge in [0.1, 0.15) is 0 Å². The lowest BCUT2D eigenvalue weighted by Gasteiger charge is -2.37. The van der Waals surface area contributed by atoms with Crippen molar-refractivity contribution in [3.05, 3.63) is 0 Å². The van der Waals surface area contributed by atoms with E-state index in [0.29, 0.717) is 4.75 Å². The number of likely N-dealkylation sites (tertiary alicyclic amines) is 1. The zero-order valence-corrected chi connectivity index (χ0v) is 11.7. The van der Waals surface area contributed by atoms with Crippen molar-refractivity contribution in [2.24, 2.45) is 0 Å². The largest absolute Gasteiger partial charge is 0.313 e. The van der Waals surface area contributed by atoms with Gasteiger partial charge in [0.2, 0.25) is 0 Å². The summed E-state index contributed by atoms with van der Waals surface area (Å²) in [6.45, 7) is 9.30. The first-order valence-electron chi connectivity index (χ1n) is 5.93. The van der Waals surface area contributed by atoms with Gasteiger partial charge in [-0.05, 0) is 53.5 Å². The van der Waals surface area contributed by atoms with Gasteiger partial charge in [-0.25, -0.2) is 0 Å². The van der Waals surface area contributed by atoms with Gasteiger partial charge < -0.3 is 10.2 Å². The van der Waals surface area contributed by atoms with Gasteiger partial charge in [0.25, 0.3) is 0 Å². The van der Waals surface area contributed by atoms with Gasteiger partial charge in [-0.15, -0.1) is 0 Å². The molecule has 2 unspecified atom stereocenters. The van der Waals surface area contributed by atoms with Crippen LogP contribution in [0, 0.1) is 0 Å². The Bertz CT molecular complexity index is 194. The van der Waals surface area contributed by atoms with Gasteiger partial charge in [-0.2, -0.15) is 11.8 Å². The van der Waals surface area contributed by atoms with Crippen LogP contribution in [0.1, 0.15) is 33.6 Å². The number of nitrogens with zero attached hydrogens (tertiary/aromatic N) is 1. The van der Waals surface area contributed by atoms with Crippen LogP contribution in [0.2, 0.25) is 0 Å². The van der Waals surface area contributed by atoms with E-state index in [1.807, 2.05) is 11.8 Å². The molecule has 0 aliphatic carbocycles. The Morgan fingerprint density at radius 3 is 2.67 bits per heavy atom. The van der Waals surface area contributed by atoms with E-state index in [2.05, 4.69) is 44.3 Å². The van der Waals surface area contributed by atoms with Crippen molar-refractivity contribution in [2.45, 2.75) is 50.4 Å². The molecular weight excluding hydrogens is 204 g/mol. The van der Waals surface area contributed by atoms with Gasteiger partial charge in [-0.1, -0.05) is 0 Å². The lowest BCUT2D eigenvalue weighted by atomic mass is 9.98. The first kappa shape index (κ1) is 13.3. The fourth-order valence-electron chi connectivity index (χ4n) is 1.94. The molecule has 1 fully saturated rings. The molecule has 1 rings (SSSR count). The maximum absolute atomic E-state index is 3.72. The van der Waals surface area contributed by atoms with Crippen LogP contribution >= 0.6 is 11.8 Å². The molecule has 1 aliphatic rings. The molecule has 15 heavy (non-hydrogen) atoms. The Labute approximate surface area is 99.2 Å². The summed E-state index contributed by atoms with van der Waals surface area (Å²) < 4.78 is 0.368. The van der Waals surface area contributed by atoms with E-state index in [4.69, 9.17) is 0 Å². The molecule has 0 radical (unpaired) electrons. The van der Waals surface area contributed by atoms with Crippen molar-refractivity contribution >= 4 is 11.8 Å². The Balaban J connectivity index is 2.28. The number of hydrogen-bond donors (Lipinski definition) is 1. The smallest absolute Gasteiger partial charge is 0.0225 e. The highest BCUT2D eigenvalue weighted by atomic mass is 32.2. The minimum Gasteiger partial charge on any atom is -0.313 e. The predicted octanol–water partition coefficient (Wildman–Crippen LogP) is 2.20. The second kappa shape index (κ2) is 5.55. The predicted molar refractivity (Wildman–Crippen MR) is 70.7 cm³/mol. The van der Waals surface area contributed by atoms with Crippen LogP contribution in [0.25, 0.3) is 0 Å². The molecule has 0 bridgehead atoms. The molecule has 1 aliphatic heterocycles. The Kier molecular flexibility index (Phi) is 4.94. The second-order valence-electron chi connectivity index (χ2n) is 5.40. The third-order valence-electron chi connectivity index (χ3n) is 3.58. The van der Waals surface area contributed by atoms with Crippen LogP contribution in [0.3, 0.4) is 0 Å². The first-order valence-corrected chi connectivity index (χ1v) is 7.16. The van der Waals surface area contributed by atoms with Crippen LogP contribution in [0.15, 0.2) is 0 Å². The van der Waals surface area contributed by atoms with Crippen molar-refractivity contribution in [2.75, 3.05) is 26.4 Å². The minimum absolute atomic E-state index is 0.368. The highest BCUT2D eigenvalue weighted by Gasteiger charge is 2.24. The van der Waals surface area contributed by atoms with Crippen molar-refractivity contribution in [1.29, 1.82) is 0 Å². The Morgan fingerprint density at radius 1 is 1.47 bits per heavy atom. The maximum Gasteiger partial charge on any atom is 0.0225 e. The summed E-state index contributed by atoms with van der Waals surface area (Å²) in [7, 11) is 2.23. The molecule has 0 aromatic carbocycles. The van der Waals surface area contributed by atoms with Gasteiger partial charge in [0, 0.05) is 23.4 Å². The molecular formula is C12H26N2S. The summed E-state index contributed by atoms with van der Waals surface area (Å²) >= 11 is 1.94. The van der Waals surface area contributed by atoms with Crippen molar-refractivity contribution < 1.29 is 0 Å². The van der Waals surface area contributed by atoms with Crippen LogP contribution in [-0.4, -0.2) is 48.1 Å². The number of nitrogens with one attached hydrogen (secondary N) is 1. The number of piperidine rings is 1. The van der Waals surface area contributed by atoms with Gasteiger partial charge in [-0.3, -0.25) is 0 Å². The summed E-state index contributed by atoms with van der Waals surface area (Å²) in [4.78, 5) is 2.46. The zero-order chi connectivity index (χ0) is 11.5. The molecule has 0 aromatic heterocycles. The molecule has 2 atom stereocenters. The fourth-order valence-corrected chi connectivity index (χ4v) is 2.16. The number of rotatable bonds is 4. The minimum atomic E-state index is 0.368. The molecule has 0 saturated carbocycles. The second-order valence-corrected chi connectivity index (χ2v) is 6.91. The molecule has 1 N–H and O–H groups in total. The van der Waals surface area contributed by atoms with Gasteiger partial charge in [0.15, 0.2) is 0 Å². The topological polar surface area (TPSA) is 15.3 Å². The monoisotopic (exact) mass is 230 g/mol. The van der Waals surface area contributed by atoms with E-state index in [1.165, 1.54) is 19.4 Å². The summed E-state index contributed by atoms with van der Waals surface area (Å²) in [5.41, 5.74) is 0. The third kappa shape index (κ3) is 4.33. The third-order valence-corrected chi connectivity index (χ3v) is 4.83. The summed E-state index contributed by atoms with van der Waals surface area (Å²) in [5.74, 6) is 0. The SMILES string of the molecule is CSC(C)(C)CNC1CCN(C)C(C)C1. The standard InChI is InChI=1S/C12H26N2S/c1-10-8-11(6-7-14(10)4)13-9-12(2,3)15-5/h10-11,13H,6-9H2,1-5H3. The van der Waals surface area contributed by atoms with E-state index >= 15 is 0 Å². The van der Waals surface area contributed by atoms with E-state index in [1.54, 1.807) is 0 Å². The molecule has 0 spiro atoms. The van der Waals surface area contributed by atoms with Crippen LogP contribution in [0.5, 0.6) is 0 Å². The van der Waals surface area contributed by atoms with Crippen LogP contribution < -0.4 is 5.32 Å². The van der Waals surface area contributed by atoms with Crippen molar-refractivity contribution in [3.8, 4) is 0 Å². The van der Waals surface area contributed by atoms with E-state index < -0.39 is 0 Å². The lowest BCUT2D eigenvalue weighted by molar-refractivity contribution is 0.168. The molecule has 1 saturated heterocycles.